The number of benzene rings is 2. The molecule has 34 heavy (non-hydrogen) atoms. The van der Waals surface area contributed by atoms with E-state index < -0.39 is 0 Å². The number of hydrogen-bond donors (Lipinski definition) is 1. The highest BCUT2D eigenvalue weighted by Gasteiger charge is 2.17. The van der Waals surface area contributed by atoms with Crippen LogP contribution in [0.25, 0.3) is 0 Å². The van der Waals surface area contributed by atoms with E-state index in [-0.39, 0.29) is 17.0 Å². The van der Waals surface area contributed by atoms with Gasteiger partial charge in [-0.3, -0.25) is 14.5 Å². The van der Waals surface area contributed by atoms with E-state index in [1.165, 1.54) is 5.56 Å². The Bertz CT molecular complexity index is 1180. The molecule has 178 valence electrons. The Kier molecular flexibility index (Phi) is 7.93. The highest BCUT2D eigenvalue weighted by Crippen LogP contribution is 2.14. The minimum atomic E-state index is -0.338. The van der Waals surface area contributed by atoms with Crippen molar-refractivity contribution in [2.75, 3.05) is 32.7 Å². The standard InChI is InChI=1S/C28H34N4O2/c1-3-30-14-16-31(17-15-30)21-25-11-5-4-10-24(25)19-29-27(33)26-12-7-13-32(28(26)34)20-23-9-6-8-22(2)18-23/h4-13,18H,3,14-17,19-21H2,1-2H3,(H,29,33). The topological polar surface area (TPSA) is 57.6 Å². The average molecular weight is 459 g/mol. The zero-order valence-electron chi connectivity index (χ0n) is 20.2. The van der Waals surface area contributed by atoms with Crippen molar-refractivity contribution in [3.05, 3.63) is 105 Å². The molecule has 1 aromatic heterocycles. The average Bonchev–Trinajstić information content (AvgIpc) is 2.85. The summed E-state index contributed by atoms with van der Waals surface area (Å²) in [5.74, 6) is -0.338. The molecule has 1 saturated heterocycles. The first-order valence-electron chi connectivity index (χ1n) is 12.1. The molecule has 1 fully saturated rings. The fourth-order valence-electron chi connectivity index (χ4n) is 4.50. The van der Waals surface area contributed by atoms with Crippen LogP contribution in [0, 0.1) is 6.92 Å². The number of aromatic nitrogens is 1. The van der Waals surface area contributed by atoms with Crippen LogP contribution < -0.4 is 10.9 Å². The van der Waals surface area contributed by atoms with Gasteiger partial charge in [0.25, 0.3) is 11.5 Å². The van der Waals surface area contributed by atoms with Gasteiger partial charge in [-0.25, -0.2) is 0 Å². The number of hydrogen-bond acceptors (Lipinski definition) is 4. The number of aryl methyl sites for hydroxylation is 1. The molecular weight excluding hydrogens is 424 g/mol. The largest absolute Gasteiger partial charge is 0.348 e. The molecular formula is C28H34N4O2. The first-order chi connectivity index (χ1) is 16.5. The summed E-state index contributed by atoms with van der Waals surface area (Å²) in [5, 5.41) is 2.97. The molecule has 1 aliphatic rings. The molecule has 0 aliphatic carbocycles. The van der Waals surface area contributed by atoms with E-state index in [1.807, 2.05) is 37.3 Å². The number of nitrogens with zero attached hydrogens (tertiary/aromatic N) is 3. The molecule has 0 atom stereocenters. The smallest absolute Gasteiger partial charge is 0.263 e. The summed E-state index contributed by atoms with van der Waals surface area (Å²) >= 11 is 0. The number of nitrogens with one attached hydrogen (secondary N) is 1. The normalized spacial score (nSPS) is 14.8. The number of amides is 1. The lowest BCUT2D eigenvalue weighted by molar-refractivity contribution is 0.0948. The lowest BCUT2D eigenvalue weighted by atomic mass is 10.1. The van der Waals surface area contributed by atoms with Crippen molar-refractivity contribution < 1.29 is 4.79 Å². The van der Waals surface area contributed by atoms with Gasteiger partial charge >= 0.3 is 0 Å². The molecule has 0 radical (unpaired) electrons. The molecule has 1 aliphatic heterocycles. The number of carbonyl (C=O) groups excluding carboxylic acids is 1. The molecule has 1 amide bonds. The van der Waals surface area contributed by atoms with Crippen molar-refractivity contribution in [2.45, 2.75) is 33.5 Å². The second-order valence-electron chi connectivity index (χ2n) is 9.01. The first-order valence-corrected chi connectivity index (χ1v) is 12.1. The maximum atomic E-state index is 13.0. The predicted molar refractivity (Wildman–Crippen MR) is 136 cm³/mol. The number of rotatable bonds is 8. The molecule has 0 unspecified atom stereocenters. The van der Waals surface area contributed by atoms with Crippen LogP contribution in [0.3, 0.4) is 0 Å². The van der Waals surface area contributed by atoms with Crippen molar-refractivity contribution in [3.8, 4) is 0 Å². The van der Waals surface area contributed by atoms with Crippen LogP contribution in [0.2, 0.25) is 0 Å². The van der Waals surface area contributed by atoms with E-state index in [0.29, 0.717) is 13.1 Å². The summed E-state index contributed by atoms with van der Waals surface area (Å²) in [6, 6.07) is 19.6. The predicted octanol–water partition coefficient (Wildman–Crippen LogP) is 3.27. The third-order valence-corrected chi connectivity index (χ3v) is 6.56. The molecule has 3 aromatic rings. The van der Waals surface area contributed by atoms with Crippen LogP contribution in [-0.2, 0) is 19.6 Å². The van der Waals surface area contributed by atoms with E-state index in [4.69, 9.17) is 0 Å². The molecule has 6 nitrogen and oxygen atoms in total. The SMILES string of the molecule is CCN1CCN(Cc2ccccc2CNC(=O)c2cccn(Cc3cccc(C)c3)c2=O)CC1. The lowest BCUT2D eigenvalue weighted by Gasteiger charge is -2.34. The third-order valence-electron chi connectivity index (χ3n) is 6.56. The van der Waals surface area contributed by atoms with E-state index in [0.717, 1.165) is 56.0 Å². The Morgan fingerprint density at radius 3 is 2.35 bits per heavy atom. The van der Waals surface area contributed by atoms with Gasteiger partial charge in [0.2, 0.25) is 0 Å². The number of piperazine rings is 1. The minimum absolute atomic E-state index is 0.170. The maximum Gasteiger partial charge on any atom is 0.263 e. The molecule has 6 heteroatoms. The Hall–Kier alpha value is -3.22. The minimum Gasteiger partial charge on any atom is -0.348 e. The zero-order chi connectivity index (χ0) is 23.9. The van der Waals surface area contributed by atoms with E-state index >= 15 is 0 Å². The maximum absolute atomic E-state index is 13.0. The Balaban J connectivity index is 1.41. The number of carbonyl (C=O) groups is 1. The number of pyridine rings is 1. The summed E-state index contributed by atoms with van der Waals surface area (Å²) < 4.78 is 1.59. The van der Waals surface area contributed by atoms with Crippen LogP contribution >= 0.6 is 0 Å². The Morgan fingerprint density at radius 2 is 1.62 bits per heavy atom. The van der Waals surface area contributed by atoms with Gasteiger partial charge in [0, 0.05) is 45.5 Å². The highest BCUT2D eigenvalue weighted by molar-refractivity contribution is 5.93. The van der Waals surface area contributed by atoms with Crippen molar-refractivity contribution >= 4 is 5.91 Å². The molecule has 0 saturated carbocycles. The van der Waals surface area contributed by atoms with E-state index in [2.05, 4.69) is 40.2 Å². The van der Waals surface area contributed by atoms with Crippen molar-refractivity contribution in [2.24, 2.45) is 0 Å². The van der Waals surface area contributed by atoms with Crippen LogP contribution in [0.15, 0.2) is 71.7 Å². The van der Waals surface area contributed by atoms with Crippen molar-refractivity contribution in [3.63, 3.8) is 0 Å². The van der Waals surface area contributed by atoms with Gasteiger partial charge in [-0.05, 0) is 42.3 Å². The fourth-order valence-corrected chi connectivity index (χ4v) is 4.50. The summed E-state index contributed by atoms with van der Waals surface area (Å²) in [6.45, 7) is 11.3. The molecule has 0 spiro atoms. The van der Waals surface area contributed by atoms with Crippen LogP contribution in [0.5, 0.6) is 0 Å². The van der Waals surface area contributed by atoms with Gasteiger partial charge in [0.1, 0.15) is 5.56 Å². The van der Waals surface area contributed by atoms with Gasteiger partial charge < -0.3 is 14.8 Å². The van der Waals surface area contributed by atoms with Gasteiger partial charge in [0.15, 0.2) is 0 Å². The lowest BCUT2D eigenvalue weighted by Crippen LogP contribution is -2.45. The second kappa shape index (κ2) is 11.3. The summed E-state index contributed by atoms with van der Waals surface area (Å²) in [6.07, 6.45) is 1.73. The number of likely N-dealkylation sites (N-methyl/N-ethyl adjacent to an activating group) is 1. The van der Waals surface area contributed by atoms with Crippen LogP contribution in [0.1, 0.15) is 39.5 Å². The molecule has 4 rings (SSSR count). The van der Waals surface area contributed by atoms with E-state index in [9.17, 15) is 9.59 Å². The Morgan fingerprint density at radius 1 is 0.882 bits per heavy atom. The molecule has 2 heterocycles. The van der Waals surface area contributed by atoms with E-state index in [1.54, 1.807) is 22.9 Å². The second-order valence-corrected chi connectivity index (χ2v) is 9.01. The monoisotopic (exact) mass is 458 g/mol. The van der Waals surface area contributed by atoms with Crippen molar-refractivity contribution in [1.29, 1.82) is 0 Å². The third kappa shape index (κ3) is 6.01. The van der Waals surface area contributed by atoms with Crippen LogP contribution in [0.4, 0.5) is 0 Å². The molecule has 0 bridgehead atoms. The fraction of sp³-hybridized carbons (Fsp3) is 0.357. The van der Waals surface area contributed by atoms with Crippen molar-refractivity contribution in [1.82, 2.24) is 19.7 Å². The summed E-state index contributed by atoms with van der Waals surface area (Å²) in [5.41, 5.74) is 4.38. The van der Waals surface area contributed by atoms with Gasteiger partial charge in [0.05, 0.1) is 6.54 Å². The van der Waals surface area contributed by atoms with Crippen LogP contribution in [-0.4, -0.2) is 53.0 Å². The van der Waals surface area contributed by atoms with Gasteiger partial charge in [-0.1, -0.05) is 61.0 Å². The first kappa shape index (κ1) is 23.9. The Labute approximate surface area is 201 Å². The van der Waals surface area contributed by atoms with Gasteiger partial charge in [-0.2, -0.15) is 0 Å². The quantitative estimate of drug-likeness (QED) is 0.563. The zero-order valence-corrected chi connectivity index (χ0v) is 20.2. The molecule has 2 aromatic carbocycles. The summed E-state index contributed by atoms with van der Waals surface area (Å²) in [7, 11) is 0. The molecule has 1 N–H and O–H groups in total. The van der Waals surface area contributed by atoms with Gasteiger partial charge in [-0.15, -0.1) is 0 Å². The summed E-state index contributed by atoms with van der Waals surface area (Å²) in [4.78, 5) is 30.8. The highest BCUT2D eigenvalue weighted by atomic mass is 16.2.